The van der Waals surface area contributed by atoms with Crippen molar-refractivity contribution >= 4 is 5.69 Å². The van der Waals surface area contributed by atoms with E-state index in [1.807, 2.05) is 11.7 Å². The number of nitrogens with one attached hydrogen (secondary N) is 1. The molecule has 2 heterocycles. The molecule has 0 aliphatic carbocycles. The molecule has 1 aliphatic rings. The monoisotopic (exact) mass is 256 g/mol. The van der Waals surface area contributed by atoms with Crippen LogP contribution in [0.4, 0.5) is 5.69 Å². The first-order valence-corrected chi connectivity index (χ1v) is 6.99. The summed E-state index contributed by atoms with van der Waals surface area (Å²) in [5, 5.41) is 7.95. The van der Waals surface area contributed by atoms with E-state index in [1.54, 1.807) is 0 Å². The highest BCUT2D eigenvalue weighted by Gasteiger charge is 2.23. The smallest absolute Gasteiger partial charge is 0.150 e. The maximum absolute atomic E-state index is 4.66. The Morgan fingerprint density at radius 2 is 2.21 bits per heavy atom. The quantitative estimate of drug-likeness (QED) is 0.914. The molecule has 1 N–H and O–H groups in total. The summed E-state index contributed by atoms with van der Waals surface area (Å²) in [5.74, 6) is 2.57. The van der Waals surface area contributed by atoms with Gasteiger partial charge in [0.05, 0.1) is 0 Å². The van der Waals surface area contributed by atoms with Gasteiger partial charge in [-0.3, -0.25) is 4.68 Å². The van der Waals surface area contributed by atoms with Crippen LogP contribution < -0.4 is 5.32 Å². The van der Waals surface area contributed by atoms with E-state index in [-0.39, 0.29) is 0 Å². The summed E-state index contributed by atoms with van der Waals surface area (Å²) < 4.78 is 1.94. The third kappa shape index (κ3) is 2.35. The lowest BCUT2D eigenvalue weighted by Gasteiger charge is -2.08. The van der Waals surface area contributed by atoms with E-state index < -0.39 is 0 Å². The van der Waals surface area contributed by atoms with Crippen LogP contribution in [0.15, 0.2) is 24.3 Å². The highest BCUT2D eigenvalue weighted by molar-refractivity contribution is 5.57. The molecule has 19 heavy (non-hydrogen) atoms. The molecular formula is C15H20N4. The summed E-state index contributed by atoms with van der Waals surface area (Å²) in [5.41, 5.74) is 2.67. The van der Waals surface area contributed by atoms with E-state index >= 15 is 0 Å². The van der Waals surface area contributed by atoms with Gasteiger partial charge in [-0.25, -0.2) is 4.98 Å². The number of fused-ring (bicyclic) bond motifs is 1. The summed E-state index contributed by atoms with van der Waals surface area (Å²) in [6.45, 7) is 3.16. The van der Waals surface area contributed by atoms with Gasteiger partial charge in [-0.15, -0.1) is 0 Å². The average Bonchev–Trinajstić information content (AvgIpc) is 2.96. The van der Waals surface area contributed by atoms with Crippen molar-refractivity contribution in [3.63, 3.8) is 0 Å². The lowest BCUT2D eigenvalue weighted by atomic mass is 9.98. The zero-order valence-electron chi connectivity index (χ0n) is 11.6. The second kappa shape index (κ2) is 5.03. The third-order valence-corrected chi connectivity index (χ3v) is 3.74. The topological polar surface area (TPSA) is 42.7 Å². The van der Waals surface area contributed by atoms with E-state index in [0.29, 0.717) is 5.92 Å². The van der Waals surface area contributed by atoms with E-state index in [1.165, 1.54) is 11.3 Å². The van der Waals surface area contributed by atoms with Crippen LogP contribution in [0.1, 0.15) is 36.5 Å². The highest BCUT2D eigenvalue weighted by Crippen LogP contribution is 2.32. The summed E-state index contributed by atoms with van der Waals surface area (Å²) in [7, 11) is 2.00. The van der Waals surface area contributed by atoms with Crippen LogP contribution in [0.25, 0.3) is 0 Å². The molecule has 1 aliphatic heterocycles. The molecule has 0 saturated heterocycles. The van der Waals surface area contributed by atoms with Crippen molar-refractivity contribution in [2.75, 3.05) is 11.9 Å². The molecule has 100 valence electrons. The predicted octanol–water partition coefficient (Wildman–Crippen LogP) is 2.52. The van der Waals surface area contributed by atoms with Crippen molar-refractivity contribution < 1.29 is 0 Å². The Morgan fingerprint density at radius 3 is 3.05 bits per heavy atom. The van der Waals surface area contributed by atoms with Gasteiger partial charge in [0.25, 0.3) is 0 Å². The number of aryl methyl sites for hydroxylation is 2. The van der Waals surface area contributed by atoms with Gasteiger partial charge < -0.3 is 5.32 Å². The summed E-state index contributed by atoms with van der Waals surface area (Å²) in [6, 6.07) is 8.55. The van der Waals surface area contributed by atoms with Crippen molar-refractivity contribution in [1.29, 1.82) is 0 Å². The first kappa shape index (κ1) is 12.2. The summed E-state index contributed by atoms with van der Waals surface area (Å²) in [6.07, 6.45) is 3.02. The van der Waals surface area contributed by atoms with E-state index in [4.69, 9.17) is 0 Å². The lowest BCUT2D eigenvalue weighted by molar-refractivity contribution is 0.641. The van der Waals surface area contributed by atoms with E-state index in [2.05, 4.69) is 46.6 Å². The number of hydrogen-bond donors (Lipinski definition) is 1. The largest absolute Gasteiger partial charge is 0.384 e. The van der Waals surface area contributed by atoms with Gasteiger partial charge in [0.15, 0.2) is 5.82 Å². The Bertz CT molecular complexity index is 573. The van der Waals surface area contributed by atoms with E-state index in [9.17, 15) is 0 Å². The molecule has 1 aromatic heterocycles. The van der Waals surface area contributed by atoms with Crippen LogP contribution in [0.2, 0.25) is 0 Å². The minimum Gasteiger partial charge on any atom is -0.384 e. The van der Waals surface area contributed by atoms with Crippen molar-refractivity contribution in [1.82, 2.24) is 14.8 Å². The van der Waals surface area contributed by atoms with Crippen LogP contribution in [0.5, 0.6) is 0 Å². The predicted molar refractivity (Wildman–Crippen MR) is 76.4 cm³/mol. The van der Waals surface area contributed by atoms with Crippen LogP contribution in [0, 0.1) is 0 Å². The fraction of sp³-hybridized carbons (Fsp3) is 0.467. The molecule has 3 rings (SSSR count). The maximum Gasteiger partial charge on any atom is 0.150 e. The Balaban J connectivity index is 1.79. The number of para-hydroxylation sites is 1. The molecule has 1 aromatic carbocycles. The van der Waals surface area contributed by atoms with Gasteiger partial charge in [0.2, 0.25) is 0 Å². The van der Waals surface area contributed by atoms with Crippen LogP contribution in [0.3, 0.4) is 0 Å². The van der Waals surface area contributed by atoms with Crippen molar-refractivity contribution in [2.45, 2.75) is 32.1 Å². The highest BCUT2D eigenvalue weighted by atomic mass is 15.3. The fourth-order valence-corrected chi connectivity index (χ4v) is 2.74. The van der Waals surface area contributed by atoms with Gasteiger partial charge in [0, 0.05) is 38.0 Å². The standard InChI is InChI=1S/C15H20N4/c1-3-6-14-17-15(19(2)18-14)9-11-10-16-13-8-5-4-7-12(11)13/h4-5,7-8,11,16H,3,6,9-10H2,1-2H3. The molecule has 1 unspecified atom stereocenters. The zero-order chi connectivity index (χ0) is 13.2. The van der Waals surface area contributed by atoms with Crippen LogP contribution in [-0.4, -0.2) is 21.3 Å². The molecule has 0 saturated carbocycles. The minimum absolute atomic E-state index is 0.508. The number of rotatable bonds is 4. The van der Waals surface area contributed by atoms with Crippen LogP contribution in [-0.2, 0) is 19.9 Å². The number of aromatic nitrogens is 3. The molecule has 0 bridgehead atoms. The SMILES string of the molecule is CCCc1nc(CC2CNc3ccccc32)n(C)n1. The Morgan fingerprint density at radius 1 is 1.37 bits per heavy atom. The normalized spacial score (nSPS) is 17.3. The summed E-state index contributed by atoms with van der Waals surface area (Å²) >= 11 is 0. The third-order valence-electron chi connectivity index (χ3n) is 3.74. The Labute approximate surface area is 113 Å². The Kier molecular flexibility index (Phi) is 3.23. The molecule has 2 aromatic rings. The molecular weight excluding hydrogens is 236 g/mol. The second-order valence-corrected chi connectivity index (χ2v) is 5.19. The molecule has 0 radical (unpaired) electrons. The lowest BCUT2D eigenvalue weighted by Crippen LogP contribution is -2.09. The summed E-state index contributed by atoms with van der Waals surface area (Å²) in [4.78, 5) is 4.66. The maximum atomic E-state index is 4.66. The first-order valence-electron chi connectivity index (χ1n) is 6.99. The first-order chi connectivity index (χ1) is 9.28. The number of benzene rings is 1. The van der Waals surface area contributed by atoms with Gasteiger partial charge >= 0.3 is 0 Å². The average molecular weight is 256 g/mol. The molecule has 0 amide bonds. The van der Waals surface area contributed by atoms with Gasteiger partial charge in [-0.2, -0.15) is 5.10 Å². The zero-order valence-corrected chi connectivity index (χ0v) is 11.6. The fourth-order valence-electron chi connectivity index (χ4n) is 2.74. The van der Waals surface area contributed by atoms with Crippen molar-refractivity contribution in [2.24, 2.45) is 7.05 Å². The molecule has 0 fully saturated rings. The van der Waals surface area contributed by atoms with Gasteiger partial charge in [-0.1, -0.05) is 25.1 Å². The van der Waals surface area contributed by atoms with Gasteiger partial charge in [-0.05, 0) is 18.1 Å². The van der Waals surface area contributed by atoms with Crippen molar-refractivity contribution in [3.8, 4) is 0 Å². The number of nitrogens with zero attached hydrogens (tertiary/aromatic N) is 3. The van der Waals surface area contributed by atoms with Crippen molar-refractivity contribution in [3.05, 3.63) is 41.5 Å². The molecule has 4 heteroatoms. The van der Waals surface area contributed by atoms with Gasteiger partial charge in [0.1, 0.15) is 5.82 Å². The second-order valence-electron chi connectivity index (χ2n) is 5.19. The minimum atomic E-state index is 0.508. The van der Waals surface area contributed by atoms with Crippen LogP contribution >= 0.6 is 0 Å². The molecule has 1 atom stereocenters. The number of hydrogen-bond acceptors (Lipinski definition) is 3. The molecule has 4 nitrogen and oxygen atoms in total. The number of anilines is 1. The molecule has 0 spiro atoms. The Hall–Kier alpha value is -1.84. The van der Waals surface area contributed by atoms with E-state index in [0.717, 1.165) is 37.5 Å².